The zero-order chi connectivity index (χ0) is 28.4. The summed E-state index contributed by atoms with van der Waals surface area (Å²) in [5.41, 5.74) is 3.97. The molecule has 2 unspecified atom stereocenters. The van der Waals surface area contributed by atoms with Crippen LogP contribution in [0.15, 0.2) is 60.7 Å². The number of carbonyl (C=O) groups is 2. The van der Waals surface area contributed by atoms with E-state index < -0.39 is 23.4 Å². The van der Waals surface area contributed by atoms with Crippen molar-refractivity contribution in [1.29, 1.82) is 0 Å². The second kappa shape index (κ2) is 11.4. The van der Waals surface area contributed by atoms with Crippen LogP contribution in [-0.2, 0) is 9.53 Å². The minimum absolute atomic E-state index is 0.0248. The number of aromatic nitrogens is 1. The average Bonchev–Trinajstić information content (AvgIpc) is 3.34. The van der Waals surface area contributed by atoms with Crippen LogP contribution < -0.4 is 10.2 Å². The zero-order valence-corrected chi connectivity index (χ0v) is 23.4. The number of nitrogens with one attached hydrogen (secondary N) is 1. The molecule has 1 aromatic heterocycles. The maximum atomic E-state index is 12.6. The number of fused-ring (bicyclic) bond motifs is 1. The van der Waals surface area contributed by atoms with Crippen molar-refractivity contribution < 1.29 is 19.2 Å². The Labute approximate surface area is 235 Å². The Hall–Kier alpha value is -4.31. The lowest BCUT2D eigenvalue weighted by Gasteiger charge is -2.36. The summed E-state index contributed by atoms with van der Waals surface area (Å²) in [5.74, 6) is -0.482. The highest BCUT2D eigenvalue weighted by atomic mass is 32.1. The quantitative estimate of drug-likeness (QED) is 0.157. The summed E-state index contributed by atoms with van der Waals surface area (Å²) in [6, 6.07) is 17.7. The molecule has 5 rings (SSSR count). The van der Waals surface area contributed by atoms with Gasteiger partial charge in [-0.3, -0.25) is 14.9 Å². The third-order valence-corrected chi connectivity index (χ3v) is 7.98. The number of aryl methyl sites for hydroxylation is 1. The van der Waals surface area contributed by atoms with Gasteiger partial charge in [-0.1, -0.05) is 19.9 Å². The van der Waals surface area contributed by atoms with Gasteiger partial charge in [0.05, 0.1) is 20.7 Å². The van der Waals surface area contributed by atoms with Crippen LogP contribution in [0.2, 0.25) is 0 Å². The van der Waals surface area contributed by atoms with E-state index in [-0.39, 0.29) is 11.3 Å². The number of nitro benzene ring substituents is 1. The Morgan fingerprint density at radius 2 is 1.80 bits per heavy atom. The second-order valence-electron chi connectivity index (χ2n) is 10.5. The summed E-state index contributed by atoms with van der Waals surface area (Å²) in [7, 11) is 0. The highest BCUT2D eigenvalue weighted by molar-refractivity contribution is 7.21. The van der Waals surface area contributed by atoms with Gasteiger partial charge >= 0.3 is 5.97 Å². The van der Waals surface area contributed by atoms with Crippen molar-refractivity contribution in [3.8, 4) is 10.6 Å². The zero-order valence-electron chi connectivity index (χ0n) is 22.5. The van der Waals surface area contributed by atoms with E-state index in [0.29, 0.717) is 23.2 Å². The Bertz CT molecular complexity index is 1570. The summed E-state index contributed by atoms with van der Waals surface area (Å²) in [4.78, 5) is 43.1. The number of esters is 1. The number of hydrogen-bond donors (Lipinski definition) is 1. The maximum Gasteiger partial charge on any atom is 0.338 e. The van der Waals surface area contributed by atoms with Crippen molar-refractivity contribution in [3.05, 3.63) is 81.9 Å². The first-order valence-corrected chi connectivity index (χ1v) is 14.0. The number of nitrogens with zero attached hydrogens (tertiary/aromatic N) is 3. The van der Waals surface area contributed by atoms with E-state index in [1.807, 2.05) is 36.1 Å². The minimum Gasteiger partial charge on any atom is -0.452 e. The third-order valence-electron chi connectivity index (χ3n) is 6.91. The van der Waals surface area contributed by atoms with Crippen LogP contribution in [0.5, 0.6) is 0 Å². The van der Waals surface area contributed by atoms with E-state index in [1.165, 1.54) is 17.7 Å². The van der Waals surface area contributed by atoms with Gasteiger partial charge in [0.2, 0.25) is 0 Å². The van der Waals surface area contributed by atoms with E-state index in [4.69, 9.17) is 4.74 Å². The van der Waals surface area contributed by atoms with E-state index in [1.54, 1.807) is 29.5 Å². The molecular formula is C30H30N4O5S. The molecule has 2 atom stereocenters. The summed E-state index contributed by atoms with van der Waals surface area (Å²) in [6.45, 7) is 7.22. The van der Waals surface area contributed by atoms with Crippen molar-refractivity contribution in [2.75, 3.05) is 29.9 Å². The molecule has 0 spiro atoms. The van der Waals surface area contributed by atoms with Crippen molar-refractivity contribution >= 4 is 50.5 Å². The van der Waals surface area contributed by atoms with Gasteiger partial charge < -0.3 is 15.0 Å². The van der Waals surface area contributed by atoms with Crippen LogP contribution in [0.25, 0.3) is 20.8 Å². The molecule has 0 aliphatic carbocycles. The molecule has 1 aliphatic rings. The number of ether oxygens (including phenoxy) is 1. The smallest absolute Gasteiger partial charge is 0.338 e. The van der Waals surface area contributed by atoms with E-state index >= 15 is 0 Å². The van der Waals surface area contributed by atoms with Crippen molar-refractivity contribution in [2.24, 2.45) is 11.8 Å². The predicted octanol–water partition coefficient (Wildman–Crippen LogP) is 6.46. The average molecular weight is 559 g/mol. The predicted molar refractivity (Wildman–Crippen MR) is 157 cm³/mol. The molecule has 1 N–H and O–H groups in total. The molecule has 0 saturated carbocycles. The largest absolute Gasteiger partial charge is 0.452 e. The topological polar surface area (TPSA) is 115 Å². The van der Waals surface area contributed by atoms with Gasteiger partial charge in [-0.25, -0.2) is 9.78 Å². The highest BCUT2D eigenvalue weighted by Gasteiger charge is 2.28. The van der Waals surface area contributed by atoms with Crippen molar-refractivity contribution in [3.63, 3.8) is 0 Å². The summed E-state index contributed by atoms with van der Waals surface area (Å²) >= 11 is 1.60. The number of thiazole rings is 1. The number of piperidine rings is 1. The molecule has 2 heterocycles. The molecule has 4 aromatic rings. The molecule has 1 saturated heterocycles. The molecule has 9 nitrogen and oxygen atoms in total. The highest BCUT2D eigenvalue weighted by Crippen LogP contribution is 2.34. The molecule has 0 radical (unpaired) electrons. The number of anilines is 2. The lowest BCUT2D eigenvalue weighted by molar-refractivity contribution is -0.384. The Kier molecular flexibility index (Phi) is 7.79. The Balaban J connectivity index is 1.19. The van der Waals surface area contributed by atoms with Gasteiger partial charge in [-0.05, 0) is 79.3 Å². The van der Waals surface area contributed by atoms with Crippen LogP contribution in [0.4, 0.5) is 17.1 Å². The van der Waals surface area contributed by atoms with Crippen molar-refractivity contribution in [1.82, 2.24) is 4.98 Å². The number of benzene rings is 3. The van der Waals surface area contributed by atoms with Gasteiger partial charge in [-0.15, -0.1) is 11.3 Å². The number of carbonyl (C=O) groups excluding carboxylic acids is 2. The number of hydrogen-bond acceptors (Lipinski definition) is 8. The molecular weight excluding hydrogens is 528 g/mol. The molecule has 3 aromatic carbocycles. The number of nitro groups is 1. The van der Waals surface area contributed by atoms with Gasteiger partial charge in [-0.2, -0.15) is 0 Å². The van der Waals surface area contributed by atoms with Gasteiger partial charge in [0.1, 0.15) is 10.7 Å². The molecule has 1 amide bonds. The normalized spacial score (nSPS) is 17.0. The van der Waals surface area contributed by atoms with Crippen molar-refractivity contribution in [2.45, 2.75) is 27.2 Å². The first-order chi connectivity index (χ1) is 19.2. The molecule has 40 heavy (non-hydrogen) atoms. The van der Waals surface area contributed by atoms with E-state index in [0.717, 1.165) is 40.3 Å². The summed E-state index contributed by atoms with van der Waals surface area (Å²) in [5, 5.41) is 15.4. The summed E-state index contributed by atoms with van der Waals surface area (Å²) < 4.78 is 6.27. The number of amides is 1. The monoisotopic (exact) mass is 558 g/mol. The third kappa shape index (κ3) is 6.12. The molecule has 1 aliphatic heterocycles. The fourth-order valence-corrected chi connectivity index (χ4v) is 6.26. The lowest BCUT2D eigenvalue weighted by atomic mass is 9.91. The number of rotatable bonds is 7. The molecule has 10 heteroatoms. The maximum absolute atomic E-state index is 12.6. The standard InChI is InChI=1S/C30H30N4O5S/c1-18-4-10-24-27(13-18)40-29(32-24)21-5-8-23(9-6-21)31-28(35)17-39-30(36)22-7-11-25(26(14-22)34(37)38)33-15-19(2)12-20(3)16-33/h4-11,13-14,19-20H,12,15-17H2,1-3H3,(H,31,35). The minimum atomic E-state index is -0.799. The molecule has 1 fully saturated rings. The van der Waals surface area contributed by atoms with Gasteiger partial charge in [0, 0.05) is 30.4 Å². The van der Waals surface area contributed by atoms with Gasteiger partial charge in [0.25, 0.3) is 11.6 Å². The lowest BCUT2D eigenvalue weighted by Crippen LogP contribution is -2.39. The SMILES string of the molecule is Cc1ccc2nc(-c3ccc(NC(=O)COC(=O)c4ccc(N5CC(C)CC(C)C5)c([N+](=O)[O-])c4)cc3)sc2c1. The molecule has 206 valence electrons. The fraction of sp³-hybridized carbons (Fsp3) is 0.300. The first kappa shape index (κ1) is 27.3. The second-order valence-corrected chi connectivity index (χ2v) is 11.5. The molecule has 0 bridgehead atoms. The van der Waals surface area contributed by atoms with E-state index in [2.05, 4.69) is 30.2 Å². The first-order valence-electron chi connectivity index (χ1n) is 13.1. The summed E-state index contributed by atoms with van der Waals surface area (Å²) in [6.07, 6.45) is 1.07. The van der Waals surface area contributed by atoms with Crippen LogP contribution in [0, 0.1) is 28.9 Å². The van der Waals surface area contributed by atoms with E-state index in [9.17, 15) is 19.7 Å². The fourth-order valence-electron chi connectivity index (χ4n) is 5.19. The van der Waals surface area contributed by atoms with Crippen LogP contribution >= 0.6 is 11.3 Å². The van der Waals surface area contributed by atoms with Crippen LogP contribution in [0.3, 0.4) is 0 Å². The van der Waals surface area contributed by atoms with Gasteiger partial charge in [0.15, 0.2) is 6.61 Å². The van der Waals surface area contributed by atoms with Crippen LogP contribution in [-0.4, -0.2) is 41.5 Å². The Morgan fingerprint density at radius 1 is 1.07 bits per heavy atom. The Morgan fingerprint density at radius 3 is 2.50 bits per heavy atom. The van der Waals surface area contributed by atoms with Crippen LogP contribution in [0.1, 0.15) is 36.2 Å².